The smallest absolute Gasteiger partial charge is 0.212 e. The van der Waals surface area contributed by atoms with E-state index in [1.807, 2.05) is 26.0 Å². The van der Waals surface area contributed by atoms with E-state index in [2.05, 4.69) is 10.3 Å². The average molecular weight is 259 g/mol. The van der Waals surface area contributed by atoms with Gasteiger partial charge in [0.05, 0.1) is 12.8 Å². The van der Waals surface area contributed by atoms with Crippen LogP contribution in [0.5, 0.6) is 5.75 Å². The number of ketones is 1. The van der Waals surface area contributed by atoms with Crippen molar-refractivity contribution in [1.82, 2.24) is 15.0 Å². The number of carbonyl (C=O) groups is 1. The second-order valence-electron chi connectivity index (χ2n) is 4.14. The fourth-order valence-electron chi connectivity index (χ4n) is 1.76. The van der Waals surface area contributed by atoms with Gasteiger partial charge in [0.1, 0.15) is 11.4 Å². The maximum absolute atomic E-state index is 12.4. The summed E-state index contributed by atoms with van der Waals surface area (Å²) >= 11 is 0. The van der Waals surface area contributed by atoms with Crippen molar-refractivity contribution in [2.24, 2.45) is 0 Å². The minimum atomic E-state index is -0.0891. The summed E-state index contributed by atoms with van der Waals surface area (Å²) in [4.78, 5) is 12.4. The molecule has 0 spiro atoms. The lowest BCUT2D eigenvalue weighted by Gasteiger charge is -2.07. The Morgan fingerprint density at radius 1 is 1.37 bits per heavy atom. The Morgan fingerprint density at radius 2 is 2.21 bits per heavy atom. The molecule has 0 fully saturated rings. The first kappa shape index (κ1) is 13.3. The number of aromatic nitrogens is 3. The molecule has 19 heavy (non-hydrogen) atoms. The van der Waals surface area contributed by atoms with E-state index in [-0.39, 0.29) is 5.78 Å². The topological polar surface area (TPSA) is 57.0 Å². The highest BCUT2D eigenvalue weighted by Gasteiger charge is 2.15. The van der Waals surface area contributed by atoms with Crippen LogP contribution in [0.4, 0.5) is 0 Å². The van der Waals surface area contributed by atoms with Crippen LogP contribution in [0.2, 0.25) is 0 Å². The molecule has 0 aliphatic carbocycles. The van der Waals surface area contributed by atoms with Crippen molar-refractivity contribution in [3.8, 4) is 5.75 Å². The van der Waals surface area contributed by atoms with Gasteiger partial charge in [0.2, 0.25) is 5.78 Å². The predicted octanol–water partition coefficient (Wildman–Crippen LogP) is 2.32. The molecule has 2 aromatic rings. The van der Waals surface area contributed by atoms with Crippen molar-refractivity contribution < 1.29 is 9.53 Å². The van der Waals surface area contributed by atoms with Crippen molar-refractivity contribution in [3.63, 3.8) is 0 Å². The zero-order chi connectivity index (χ0) is 13.7. The maximum atomic E-state index is 12.4. The van der Waals surface area contributed by atoms with E-state index < -0.39 is 0 Å². The number of nitrogens with zero attached hydrogens (tertiary/aromatic N) is 3. The number of aryl methyl sites for hydroxylation is 1. The van der Waals surface area contributed by atoms with Crippen LogP contribution in [0.25, 0.3) is 0 Å². The molecule has 0 unspecified atom stereocenters. The standard InChI is InChI=1S/C14H17N3O2/c1-3-8-19-12-7-5-6-11(9-12)14(18)13-10-15-16-17(13)4-2/h5-7,9-10H,3-4,8H2,1-2H3. The third kappa shape index (κ3) is 2.99. The van der Waals surface area contributed by atoms with Crippen molar-refractivity contribution in [2.75, 3.05) is 6.61 Å². The second kappa shape index (κ2) is 6.13. The van der Waals surface area contributed by atoms with Crippen LogP contribution in [0.15, 0.2) is 30.5 Å². The number of carbonyl (C=O) groups excluding carboxylic acids is 1. The van der Waals surface area contributed by atoms with Gasteiger partial charge >= 0.3 is 0 Å². The minimum absolute atomic E-state index is 0.0891. The summed E-state index contributed by atoms with van der Waals surface area (Å²) in [6.45, 7) is 5.23. The monoisotopic (exact) mass is 259 g/mol. The highest BCUT2D eigenvalue weighted by Crippen LogP contribution is 2.16. The zero-order valence-corrected chi connectivity index (χ0v) is 11.2. The van der Waals surface area contributed by atoms with Gasteiger partial charge in [-0.2, -0.15) is 0 Å². The second-order valence-corrected chi connectivity index (χ2v) is 4.14. The molecular formula is C14H17N3O2. The van der Waals surface area contributed by atoms with E-state index >= 15 is 0 Å². The molecule has 0 aliphatic heterocycles. The predicted molar refractivity (Wildman–Crippen MR) is 71.4 cm³/mol. The molecule has 0 bridgehead atoms. The molecule has 0 amide bonds. The molecule has 5 nitrogen and oxygen atoms in total. The fraction of sp³-hybridized carbons (Fsp3) is 0.357. The highest BCUT2D eigenvalue weighted by atomic mass is 16.5. The number of rotatable bonds is 6. The Hall–Kier alpha value is -2.17. The van der Waals surface area contributed by atoms with Crippen molar-refractivity contribution in [1.29, 1.82) is 0 Å². The van der Waals surface area contributed by atoms with Gasteiger partial charge in [-0.1, -0.05) is 24.3 Å². The summed E-state index contributed by atoms with van der Waals surface area (Å²) < 4.78 is 7.11. The Bertz CT molecular complexity index is 563. The van der Waals surface area contributed by atoms with E-state index in [9.17, 15) is 4.79 Å². The summed E-state index contributed by atoms with van der Waals surface area (Å²) in [5.74, 6) is 0.622. The summed E-state index contributed by atoms with van der Waals surface area (Å²) in [6, 6.07) is 7.19. The molecule has 1 aromatic heterocycles. The van der Waals surface area contributed by atoms with E-state index in [4.69, 9.17) is 4.74 Å². The number of hydrogen-bond acceptors (Lipinski definition) is 4. The van der Waals surface area contributed by atoms with Crippen molar-refractivity contribution in [2.45, 2.75) is 26.8 Å². The number of ether oxygens (including phenoxy) is 1. The lowest BCUT2D eigenvalue weighted by molar-refractivity contribution is 0.102. The summed E-state index contributed by atoms with van der Waals surface area (Å²) in [5, 5.41) is 7.64. The van der Waals surface area contributed by atoms with Gasteiger partial charge in [-0.15, -0.1) is 5.10 Å². The molecule has 0 aliphatic rings. The SMILES string of the molecule is CCCOc1cccc(C(=O)c2cnnn2CC)c1. The minimum Gasteiger partial charge on any atom is -0.494 e. The van der Waals surface area contributed by atoms with Gasteiger partial charge < -0.3 is 4.74 Å². The van der Waals surface area contributed by atoms with Gasteiger partial charge in [-0.05, 0) is 25.5 Å². The van der Waals surface area contributed by atoms with Gasteiger partial charge in [0.15, 0.2) is 0 Å². The third-order valence-electron chi connectivity index (χ3n) is 2.72. The van der Waals surface area contributed by atoms with Crippen molar-refractivity contribution >= 4 is 5.78 Å². The maximum Gasteiger partial charge on any atom is 0.212 e. The van der Waals surface area contributed by atoms with Crippen LogP contribution < -0.4 is 4.74 Å². The van der Waals surface area contributed by atoms with Crippen LogP contribution in [-0.4, -0.2) is 27.4 Å². The first-order valence-corrected chi connectivity index (χ1v) is 6.42. The summed E-state index contributed by atoms with van der Waals surface area (Å²) in [6.07, 6.45) is 2.43. The molecule has 0 saturated heterocycles. The first-order valence-electron chi connectivity index (χ1n) is 6.42. The summed E-state index contributed by atoms with van der Waals surface area (Å²) in [5.41, 5.74) is 1.08. The zero-order valence-electron chi connectivity index (χ0n) is 11.2. The van der Waals surface area contributed by atoms with E-state index in [1.165, 1.54) is 6.20 Å². The lowest BCUT2D eigenvalue weighted by Crippen LogP contribution is -2.10. The Morgan fingerprint density at radius 3 is 2.95 bits per heavy atom. The normalized spacial score (nSPS) is 10.4. The van der Waals surface area contributed by atoms with E-state index in [0.29, 0.717) is 30.2 Å². The summed E-state index contributed by atoms with van der Waals surface area (Å²) in [7, 11) is 0. The number of benzene rings is 1. The van der Waals surface area contributed by atoms with Gasteiger partial charge in [0.25, 0.3) is 0 Å². The van der Waals surface area contributed by atoms with Crippen LogP contribution in [-0.2, 0) is 6.54 Å². The molecule has 1 aromatic carbocycles. The molecule has 5 heteroatoms. The van der Waals surface area contributed by atoms with Gasteiger partial charge in [0, 0.05) is 12.1 Å². The Kier molecular flexibility index (Phi) is 4.28. The molecule has 1 heterocycles. The fourth-order valence-corrected chi connectivity index (χ4v) is 1.76. The van der Waals surface area contributed by atoms with Crippen LogP contribution >= 0.6 is 0 Å². The molecule has 100 valence electrons. The molecule has 0 atom stereocenters. The molecule has 2 rings (SSSR count). The highest BCUT2D eigenvalue weighted by molar-refractivity contribution is 6.07. The third-order valence-corrected chi connectivity index (χ3v) is 2.72. The quantitative estimate of drug-likeness (QED) is 0.747. The van der Waals surface area contributed by atoms with Crippen molar-refractivity contribution in [3.05, 3.63) is 41.7 Å². The van der Waals surface area contributed by atoms with Gasteiger partial charge in [-0.25, -0.2) is 4.68 Å². The number of hydrogen-bond donors (Lipinski definition) is 0. The Labute approximate surface area is 112 Å². The molecule has 0 saturated carbocycles. The Balaban J connectivity index is 2.24. The molecular weight excluding hydrogens is 242 g/mol. The van der Waals surface area contributed by atoms with Crippen LogP contribution in [0.3, 0.4) is 0 Å². The van der Waals surface area contributed by atoms with Crippen LogP contribution in [0, 0.1) is 0 Å². The van der Waals surface area contributed by atoms with Gasteiger partial charge in [-0.3, -0.25) is 4.79 Å². The van der Waals surface area contributed by atoms with E-state index in [1.54, 1.807) is 16.8 Å². The molecule has 0 radical (unpaired) electrons. The molecule has 0 N–H and O–H groups in total. The average Bonchev–Trinajstić information content (AvgIpc) is 2.93. The lowest BCUT2D eigenvalue weighted by atomic mass is 10.1. The van der Waals surface area contributed by atoms with E-state index in [0.717, 1.165) is 6.42 Å². The van der Waals surface area contributed by atoms with Crippen LogP contribution in [0.1, 0.15) is 36.3 Å². The first-order chi connectivity index (χ1) is 9.26. The largest absolute Gasteiger partial charge is 0.494 e.